The normalized spacial score (nSPS) is 23.4. The highest BCUT2D eigenvalue weighted by atomic mass is 16.6. The quantitative estimate of drug-likeness (QED) is 0.115. The molecular weight excluding hydrogens is 709 g/mol. The fourth-order valence-corrected chi connectivity index (χ4v) is 8.84. The molecule has 6 rings (SSSR count). The van der Waals surface area contributed by atoms with Crippen LogP contribution in [0, 0.1) is 23.7 Å². The first-order chi connectivity index (χ1) is 26.3. The van der Waals surface area contributed by atoms with Crippen molar-refractivity contribution in [3.05, 3.63) is 22.8 Å². The number of ether oxygens (including phenoxy) is 2. The lowest BCUT2D eigenvalue weighted by Crippen LogP contribution is -2.29. The van der Waals surface area contributed by atoms with Crippen molar-refractivity contribution in [3.8, 4) is 0 Å². The lowest BCUT2D eigenvalue weighted by atomic mass is 9.75. The van der Waals surface area contributed by atoms with Crippen LogP contribution >= 0.6 is 0 Å². The smallest absolute Gasteiger partial charge is 0.306 e. The topological polar surface area (TPSA) is 151 Å². The molecule has 4 aliphatic carbocycles. The summed E-state index contributed by atoms with van der Waals surface area (Å²) < 4.78 is 15.3. The second kappa shape index (κ2) is 18.6. The zero-order valence-electron chi connectivity index (χ0n) is 36.1. The van der Waals surface area contributed by atoms with Crippen molar-refractivity contribution in [1.29, 1.82) is 0 Å². The Kier molecular flexibility index (Phi) is 14.6. The number of aromatic nitrogens is 6. The molecule has 2 atom stereocenters. The maximum Gasteiger partial charge on any atom is 0.306 e. The molecule has 56 heavy (non-hydrogen) atoms. The van der Waals surface area contributed by atoms with Gasteiger partial charge in [-0.25, -0.2) is 9.36 Å². The molecule has 0 aromatic carbocycles. The molecule has 2 aromatic heterocycles. The highest BCUT2D eigenvalue weighted by Gasteiger charge is 2.42. The van der Waals surface area contributed by atoms with Crippen LogP contribution in [0.3, 0.4) is 0 Å². The Balaban J connectivity index is 0.000000214. The van der Waals surface area contributed by atoms with E-state index >= 15 is 0 Å². The molecule has 12 heteroatoms. The number of aldehydes is 1. The number of carbonyl (C=O) groups excluding carboxylic acids is 3. The number of hydrogen-bond donors (Lipinski definition) is 1. The molecule has 2 aromatic rings. The zero-order chi connectivity index (χ0) is 40.9. The minimum absolute atomic E-state index is 0.0321. The van der Waals surface area contributed by atoms with Crippen molar-refractivity contribution < 1.29 is 29.0 Å². The number of aliphatic hydroxyl groups is 1. The largest absolute Gasteiger partial charge is 0.460 e. The second-order valence-electron chi connectivity index (χ2n) is 20.3. The predicted molar refractivity (Wildman–Crippen MR) is 215 cm³/mol. The second-order valence-corrected chi connectivity index (χ2v) is 20.3. The van der Waals surface area contributed by atoms with E-state index in [9.17, 15) is 19.5 Å². The molecule has 0 radical (unpaired) electrons. The molecule has 0 spiro atoms. The first-order valence-electron chi connectivity index (χ1n) is 21.7. The van der Waals surface area contributed by atoms with E-state index in [2.05, 4.69) is 57.7 Å². The maximum atomic E-state index is 12.4. The molecule has 2 heterocycles. The van der Waals surface area contributed by atoms with Crippen molar-refractivity contribution in [2.75, 3.05) is 6.61 Å². The molecule has 12 nitrogen and oxygen atoms in total. The van der Waals surface area contributed by atoms with Crippen LogP contribution in [0.1, 0.15) is 218 Å². The van der Waals surface area contributed by atoms with Crippen molar-refractivity contribution in [2.45, 2.75) is 206 Å². The zero-order valence-corrected chi connectivity index (χ0v) is 36.1. The number of esters is 2. The Bertz CT molecular complexity index is 1600. The van der Waals surface area contributed by atoms with Crippen LogP contribution in [0.15, 0.2) is 0 Å². The van der Waals surface area contributed by atoms with Crippen LogP contribution in [-0.2, 0) is 23.9 Å². The Morgan fingerprint density at radius 3 is 1.45 bits per heavy atom. The molecule has 4 saturated carbocycles. The van der Waals surface area contributed by atoms with Gasteiger partial charge >= 0.3 is 11.9 Å². The third-order valence-electron chi connectivity index (χ3n) is 11.5. The Morgan fingerprint density at radius 2 is 1.11 bits per heavy atom. The molecule has 4 fully saturated rings. The monoisotopic (exact) mass is 781 g/mol. The van der Waals surface area contributed by atoms with E-state index in [-0.39, 0.29) is 49.6 Å². The Morgan fingerprint density at radius 1 is 0.714 bits per heavy atom. The third kappa shape index (κ3) is 12.4. The van der Waals surface area contributed by atoms with Crippen LogP contribution in [0.5, 0.6) is 0 Å². The van der Waals surface area contributed by atoms with Gasteiger partial charge < -0.3 is 19.4 Å². The summed E-state index contributed by atoms with van der Waals surface area (Å²) in [5.74, 6) is 3.12. The van der Waals surface area contributed by atoms with Crippen LogP contribution in [0.2, 0.25) is 0 Å². The number of aliphatic hydroxyl groups excluding tert-OH is 1. The Labute approximate surface area is 335 Å². The van der Waals surface area contributed by atoms with Crippen LogP contribution in [0.4, 0.5) is 0 Å². The van der Waals surface area contributed by atoms with E-state index in [1.165, 1.54) is 49.9 Å². The van der Waals surface area contributed by atoms with Gasteiger partial charge in [-0.3, -0.25) is 9.59 Å². The van der Waals surface area contributed by atoms with Gasteiger partial charge in [-0.05, 0) is 136 Å². The summed E-state index contributed by atoms with van der Waals surface area (Å²) in [4.78, 5) is 36.1. The van der Waals surface area contributed by atoms with Crippen molar-refractivity contribution >= 4 is 18.2 Å². The molecule has 0 saturated heterocycles. The number of nitrogens with zero attached hydrogens (tertiary/aromatic N) is 6. The highest BCUT2D eigenvalue weighted by Crippen LogP contribution is 2.50. The first kappa shape index (κ1) is 44.0. The number of carbonyl (C=O) groups is 3. The molecule has 4 aliphatic rings. The number of hydrogen-bond acceptors (Lipinski definition) is 10. The van der Waals surface area contributed by atoms with Gasteiger partial charge in [0.15, 0.2) is 0 Å². The minimum Gasteiger partial charge on any atom is -0.460 e. The SMILES string of the molecule is CC(C)CC1CC(n2nnc(C(CC=O)CC(=O)OC(C)(C)C)c2C2CC2)C1.CC(C)CC1CC(n2nnc(C(CCO)CC(=O)OC(C)(C)C)c2C2CC2)C1. The summed E-state index contributed by atoms with van der Waals surface area (Å²) in [7, 11) is 0. The average molecular weight is 781 g/mol. The predicted octanol–water partition coefficient (Wildman–Crippen LogP) is 8.91. The molecule has 1 N–H and O–H groups in total. The molecular formula is C44H72N6O6. The molecule has 0 amide bonds. The van der Waals surface area contributed by atoms with E-state index in [0.717, 1.165) is 67.0 Å². The first-order valence-corrected chi connectivity index (χ1v) is 21.7. The minimum atomic E-state index is -0.531. The van der Waals surface area contributed by atoms with Crippen LogP contribution in [-0.4, -0.2) is 71.1 Å². The van der Waals surface area contributed by atoms with Crippen molar-refractivity contribution in [1.82, 2.24) is 30.0 Å². The standard InChI is InChI=1S/C22H37N3O3.C22H35N3O3/c2*1-14(2)10-15-11-18(12-15)25-21(16-6-7-16)20(23-24-25)17(8-9-26)13-19(27)28-22(3,4)5/h14-18,26H,6-13H2,1-5H3;9,14-18H,6-8,10-13H2,1-5H3. The van der Waals surface area contributed by atoms with Crippen molar-refractivity contribution in [2.24, 2.45) is 23.7 Å². The van der Waals surface area contributed by atoms with Gasteiger partial charge in [-0.1, -0.05) is 38.1 Å². The molecule has 0 bridgehead atoms. The van der Waals surface area contributed by atoms with Gasteiger partial charge in [-0.2, -0.15) is 0 Å². The lowest BCUT2D eigenvalue weighted by molar-refractivity contribution is -0.156. The molecule has 314 valence electrons. The lowest BCUT2D eigenvalue weighted by Gasteiger charge is -2.37. The van der Waals surface area contributed by atoms with Crippen molar-refractivity contribution in [3.63, 3.8) is 0 Å². The summed E-state index contributed by atoms with van der Waals surface area (Å²) in [5.41, 5.74) is 3.10. The van der Waals surface area contributed by atoms with Gasteiger partial charge in [-0.15, -0.1) is 10.2 Å². The van der Waals surface area contributed by atoms with E-state index in [1.807, 2.05) is 41.5 Å². The van der Waals surface area contributed by atoms with Crippen LogP contribution < -0.4 is 0 Å². The maximum absolute atomic E-state index is 12.4. The fourth-order valence-electron chi connectivity index (χ4n) is 8.84. The van der Waals surface area contributed by atoms with E-state index in [1.54, 1.807) is 0 Å². The average Bonchev–Trinajstić information content (AvgIpc) is 3.97. The van der Waals surface area contributed by atoms with Crippen LogP contribution in [0.25, 0.3) is 0 Å². The van der Waals surface area contributed by atoms with E-state index in [0.29, 0.717) is 30.3 Å². The molecule has 2 unspecified atom stereocenters. The van der Waals surface area contributed by atoms with E-state index in [4.69, 9.17) is 9.47 Å². The summed E-state index contributed by atoms with van der Waals surface area (Å²) in [6.07, 6.45) is 13.9. The van der Waals surface area contributed by atoms with Gasteiger partial charge in [0.05, 0.1) is 47.7 Å². The van der Waals surface area contributed by atoms with E-state index < -0.39 is 11.2 Å². The third-order valence-corrected chi connectivity index (χ3v) is 11.5. The van der Waals surface area contributed by atoms with Gasteiger partial charge in [0.1, 0.15) is 17.5 Å². The molecule has 0 aliphatic heterocycles. The Hall–Kier alpha value is -3.15. The summed E-state index contributed by atoms with van der Waals surface area (Å²) in [6, 6.07) is 0.857. The summed E-state index contributed by atoms with van der Waals surface area (Å²) in [5, 5.41) is 27.6. The summed E-state index contributed by atoms with van der Waals surface area (Å²) >= 11 is 0. The summed E-state index contributed by atoms with van der Waals surface area (Å²) in [6.45, 7) is 20.4. The van der Waals surface area contributed by atoms with Gasteiger partial charge in [0.2, 0.25) is 0 Å². The van der Waals surface area contributed by atoms with Gasteiger partial charge in [0.25, 0.3) is 0 Å². The number of rotatable bonds is 18. The van der Waals surface area contributed by atoms with Gasteiger partial charge in [0, 0.05) is 36.7 Å². The fraction of sp³-hybridized carbons (Fsp3) is 0.841. The highest BCUT2D eigenvalue weighted by molar-refractivity contribution is 5.72.